The quantitative estimate of drug-likeness (QED) is 0.605. The number of hydrogen-bond acceptors (Lipinski definition) is 1. The maximum Gasteiger partial charge on any atom is 0.00186 e. The Morgan fingerprint density at radius 1 is 1.31 bits per heavy atom. The Morgan fingerprint density at radius 2 is 1.85 bits per heavy atom. The molecule has 1 heterocycles. The average molecular weight is 181 g/mol. The lowest BCUT2D eigenvalue weighted by atomic mass is 9.92. The summed E-state index contributed by atoms with van der Waals surface area (Å²) in [5, 5.41) is 0. The Morgan fingerprint density at radius 3 is 2.31 bits per heavy atom. The third kappa shape index (κ3) is 3.95. The Hall–Kier alpha value is -0.300. The minimum absolute atomic E-state index is 0.883. The maximum atomic E-state index is 3.95. The molecule has 1 aliphatic rings. The van der Waals surface area contributed by atoms with E-state index in [2.05, 4.69) is 32.3 Å². The van der Waals surface area contributed by atoms with E-state index >= 15 is 0 Å². The summed E-state index contributed by atoms with van der Waals surface area (Å²) in [4.78, 5) is 2.59. The van der Waals surface area contributed by atoms with E-state index < -0.39 is 0 Å². The second kappa shape index (κ2) is 4.80. The van der Waals surface area contributed by atoms with Gasteiger partial charge in [0.2, 0.25) is 0 Å². The Labute approximate surface area is 82.8 Å². The Balaban J connectivity index is 2.28. The van der Waals surface area contributed by atoms with Crippen LogP contribution in [0.15, 0.2) is 12.2 Å². The molecule has 1 fully saturated rings. The number of piperidine rings is 1. The molecule has 0 aliphatic carbocycles. The lowest BCUT2D eigenvalue weighted by Gasteiger charge is -2.34. The lowest BCUT2D eigenvalue weighted by molar-refractivity contribution is 0.142. The van der Waals surface area contributed by atoms with Gasteiger partial charge in [0.15, 0.2) is 0 Å². The molecule has 76 valence electrons. The van der Waals surface area contributed by atoms with Crippen LogP contribution in [0.2, 0.25) is 0 Å². The molecule has 0 saturated carbocycles. The fourth-order valence-corrected chi connectivity index (χ4v) is 2.32. The molecule has 0 aromatic carbocycles. The number of rotatable bonds is 3. The van der Waals surface area contributed by atoms with Crippen LogP contribution in [0.4, 0.5) is 0 Å². The van der Waals surface area contributed by atoms with Gasteiger partial charge in [-0.05, 0) is 31.6 Å². The third-order valence-corrected chi connectivity index (χ3v) is 2.80. The van der Waals surface area contributed by atoms with Crippen LogP contribution >= 0.6 is 0 Å². The van der Waals surface area contributed by atoms with Crippen molar-refractivity contribution in [3.8, 4) is 0 Å². The molecule has 0 radical (unpaired) electrons. The van der Waals surface area contributed by atoms with Crippen LogP contribution in [0, 0.1) is 11.8 Å². The standard InChI is InChI=1S/C12H23N/c1-10(2)5-6-13-8-11(3)7-12(4)9-13/h11-12H,1,5-9H2,2-4H3. The van der Waals surface area contributed by atoms with Crippen molar-refractivity contribution >= 4 is 0 Å². The molecular formula is C12H23N. The van der Waals surface area contributed by atoms with Gasteiger partial charge in [0, 0.05) is 19.6 Å². The first-order valence-corrected chi connectivity index (χ1v) is 5.44. The highest BCUT2D eigenvalue weighted by molar-refractivity contribution is 4.89. The van der Waals surface area contributed by atoms with Crippen LogP contribution in [-0.2, 0) is 0 Å². The molecular weight excluding hydrogens is 158 g/mol. The number of hydrogen-bond donors (Lipinski definition) is 0. The minimum Gasteiger partial charge on any atom is -0.302 e. The van der Waals surface area contributed by atoms with E-state index in [1.54, 1.807) is 0 Å². The molecule has 1 saturated heterocycles. The van der Waals surface area contributed by atoms with Crippen molar-refractivity contribution in [3.05, 3.63) is 12.2 Å². The van der Waals surface area contributed by atoms with Crippen molar-refractivity contribution < 1.29 is 0 Å². The highest BCUT2D eigenvalue weighted by Crippen LogP contribution is 2.21. The van der Waals surface area contributed by atoms with E-state index in [9.17, 15) is 0 Å². The van der Waals surface area contributed by atoms with E-state index in [1.165, 1.54) is 38.0 Å². The third-order valence-electron chi connectivity index (χ3n) is 2.80. The van der Waals surface area contributed by atoms with Crippen molar-refractivity contribution in [1.29, 1.82) is 0 Å². The van der Waals surface area contributed by atoms with E-state index in [1.807, 2.05) is 0 Å². The molecule has 0 aromatic rings. The zero-order valence-electron chi connectivity index (χ0n) is 9.34. The average Bonchev–Trinajstić information content (AvgIpc) is 1.99. The fraction of sp³-hybridized carbons (Fsp3) is 0.833. The van der Waals surface area contributed by atoms with Crippen LogP contribution in [-0.4, -0.2) is 24.5 Å². The first-order chi connectivity index (χ1) is 6.08. The Kier molecular flexibility index (Phi) is 3.98. The SMILES string of the molecule is C=C(C)CCN1CC(C)CC(C)C1. The van der Waals surface area contributed by atoms with Crippen molar-refractivity contribution in [2.75, 3.05) is 19.6 Å². The summed E-state index contributed by atoms with van der Waals surface area (Å²) in [6.45, 7) is 14.6. The highest BCUT2D eigenvalue weighted by atomic mass is 15.1. The zero-order chi connectivity index (χ0) is 9.84. The molecule has 0 aromatic heterocycles. The number of likely N-dealkylation sites (tertiary alicyclic amines) is 1. The summed E-state index contributed by atoms with van der Waals surface area (Å²) in [6, 6.07) is 0. The van der Waals surface area contributed by atoms with E-state index in [0.717, 1.165) is 11.8 Å². The molecule has 1 aliphatic heterocycles. The van der Waals surface area contributed by atoms with Crippen LogP contribution in [0.1, 0.15) is 33.6 Å². The molecule has 1 nitrogen and oxygen atoms in total. The van der Waals surface area contributed by atoms with Crippen LogP contribution in [0.25, 0.3) is 0 Å². The molecule has 1 rings (SSSR count). The summed E-state index contributed by atoms with van der Waals surface area (Å²) >= 11 is 0. The smallest absolute Gasteiger partial charge is 0.00186 e. The highest BCUT2D eigenvalue weighted by Gasteiger charge is 2.20. The van der Waals surface area contributed by atoms with Gasteiger partial charge in [-0.3, -0.25) is 0 Å². The molecule has 13 heavy (non-hydrogen) atoms. The molecule has 0 bridgehead atoms. The zero-order valence-corrected chi connectivity index (χ0v) is 9.34. The first kappa shape index (κ1) is 10.8. The molecule has 0 N–H and O–H groups in total. The first-order valence-electron chi connectivity index (χ1n) is 5.44. The summed E-state index contributed by atoms with van der Waals surface area (Å²) in [5.41, 5.74) is 1.31. The molecule has 0 amide bonds. The predicted molar refractivity (Wildman–Crippen MR) is 58.8 cm³/mol. The van der Waals surface area contributed by atoms with Gasteiger partial charge in [-0.2, -0.15) is 0 Å². The fourth-order valence-electron chi connectivity index (χ4n) is 2.32. The van der Waals surface area contributed by atoms with Crippen molar-refractivity contribution in [1.82, 2.24) is 4.90 Å². The van der Waals surface area contributed by atoms with Gasteiger partial charge < -0.3 is 4.90 Å². The molecule has 0 spiro atoms. The van der Waals surface area contributed by atoms with E-state index in [-0.39, 0.29) is 0 Å². The van der Waals surface area contributed by atoms with Gasteiger partial charge in [-0.1, -0.05) is 19.4 Å². The molecule has 2 atom stereocenters. The van der Waals surface area contributed by atoms with Crippen LogP contribution in [0.3, 0.4) is 0 Å². The van der Waals surface area contributed by atoms with Gasteiger partial charge in [-0.15, -0.1) is 6.58 Å². The second-order valence-electron chi connectivity index (χ2n) is 4.91. The Bertz CT molecular complexity index is 164. The minimum atomic E-state index is 0.883. The molecule has 2 unspecified atom stereocenters. The maximum absolute atomic E-state index is 3.95. The summed E-state index contributed by atoms with van der Waals surface area (Å²) < 4.78 is 0. The van der Waals surface area contributed by atoms with Gasteiger partial charge in [0.25, 0.3) is 0 Å². The number of nitrogens with zero attached hydrogens (tertiary/aromatic N) is 1. The lowest BCUT2D eigenvalue weighted by Crippen LogP contribution is -2.39. The van der Waals surface area contributed by atoms with Gasteiger partial charge >= 0.3 is 0 Å². The van der Waals surface area contributed by atoms with E-state index in [0.29, 0.717) is 0 Å². The molecule has 1 heteroatoms. The van der Waals surface area contributed by atoms with Gasteiger partial charge in [0.05, 0.1) is 0 Å². The topological polar surface area (TPSA) is 3.24 Å². The second-order valence-corrected chi connectivity index (χ2v) is 4.91. The van der Waals surface area contributed by atoms with Crippen LogP contribution < -0.4 is 0 Å². The summed E-state index contributed by atoms with van der Waals surface area (Å²) in [6.07, 6.45) is 2.57. The summed E-state index contributed by atoms with van der Waals surface area (Å²) in [5.74, 6) is 1.77. The monoisotopic (exact) mass is 181 g/mol. The normalized spacial score (nSPS) is 30.4. The van der Waals surface area contributed by atoms with Crippen molar-refractivity contribution in [2.45, 2.75) is 33.6 Å². The predicted octanol–water partition coefficient (Wildman–Crippen LogP) is 2.93. The van der Waals surface area contributed by atoms with E-state index in [4.69, 9.17) is 0 Å². The van der Waals surface area contributed by atoms with Crippen molar-refractivity contribution in [2.24, 2.45) is 11.8 Å². The van der Waals surface area contributed by atoms with Gasteiger partial charge in [-0.25, -0.2) is 0 Å². The largest absolute Gasteiger partial charge is 0.302 e. The van der Waals surface area contributed by atoms with Crippen molar-refractivity contribution in [3.63, 3.8) is 0 Å². The summed E-state index contributed by atoms with van der Waals surface area (Å²) in [7, 11) is 0. The van der Waals surface area contributed by atoms with Gasteiger partial charge in [0.1, 0.15) is 0 Å². The van der Waals surface area contributed by atoms with Crippen LogP contribution in [0.5, 0.6) is 0 Å².